The van der Waals surface area contributed by atoms with Crippen molar-refractivity contribution >= 4 is 0 Å². The van der Waals surface area contributed by atoms with Crippen LogP contribution in [0.15, 0.2) is 12.7 Å². The van der Waals surface area contributed by atoms with Crippen LogP contribution in [-0.2, 0) is 9.88 Å². The molecular formula is C6H13NO2. The number of hydroxylamine groups is 1. The third-order valence-corrected chi connectivity index (χ3v) is 0.656. The van der Waals surface area contributed by atoms with Gasteiger partial charge in [-0.25, -0.2) is 4.89 Å². The van der Waals surface area contributed by atoms with E-state index in [1.54, 1.807) is 6.08 Å². The minimum atomic E-state index is 0.413. The molecule has 54 valence electrons. The van der Waals surface area contributed by atoms with Crippen LogP contribution in [0.4, 0.5) is 0 Å². The first-order valence-electron chi connectivity index (χ1n) is 3.04. The highest BCUT2D eigenvalue weighted by molar-refractivity contribution is 4.62. The SMILES string of the molecule is C=CCOONCCC. The van der Waals surface area contributed by atoms with Crippen LogP contribution in [0.1, 0.15) is 13.3 Å². The highest BCUT2D eigenvalue weighted by Crippen LogP contribution is 1.74. The van der Waals surface area contributed by atoms with Crippen molar-refractivity contribution in [2.45, 2.75) is 13.3 Å². The summed E-state index contributed by atoms with van der Waals surface area (Å²) in [6.45, 7) is 6.71. The monoisotopic (exact) mass is 131 g/mol. The standard InChI is InChI=1S/C6H13NO2/c1-3-5-7-9-8-6-4-2/h4,7H,2-3,5-6H2,1H3. The van der Waals surface area contributed by atoms with E-state index in [9.17, 15) is 0 Å². The van der Waals surface area contributed by atoms with Crippen LogP contribution in [0, 0.1) is 0 Å². The quantitative estimate of drug-likeness (QED) is 0.253. The van der Waals surface area contributed by atoms with Gasteiger partial charge in [-0.1, -0.05) is 13.0 Å². The summed E-state index contributed by atoms with van der Waals surface area (Å²) in [7, 11) is 0. The molecular weight excluding hydrogens is 118 g/mol. The Bertz CT molecular complexity index is 66.1. The Morgan fingerprint density at radius 2 is 2.44 bits per heavy atom. The van der Waals surface area contributed by atoms with Gasteiger partial charge in [-0.05, 0) is 6.42 Å². The van der Waals surface area contributed by atoms with Gasteiger partial charge in [-0.3, -0.25) is 0 Å². The Balaban J connectivity index is 2.66. The van der Waals surface area contributed by atoms with E-state index in [1.807, 2.05) is 6.92 Å². The second-order valence-electron chi connectivity index (χ2n) is 1.55. The topological polar surface area (TPSA) is 30.5 Å². The number of rotatable bonds is 6. The maximum Gasteiger partial charge on any atom is 0.102 e. The number of hydrogen-bond donors (Lipinski definition) is 1. The zero-order valence-electron chi connectivity index (χ0n) is 5.72. The first-order chi connectivity index (χ1) is 4.41. The van der Waals surface area contributed by atoms with Gasteiger partial charge in [0.25, 0.3) is 0 Å². The fourth-order valence-electron chi connectivity index (χ4n) is 0.268. The predicted octanol–water partition coefficient (Wildman–Crippen LogP) is 1.04. The summed E-state index contributed by atoms with van der Waals surface area (Å²) >= 11 is 0. The molecule has 0 aromatic heterocycles. The first-order valence-corrected chi connectivity index (χ1v) is 3.04. The Labute approximate surface area is 55.5 Å². The van der Waals surface area contributed by atoms with Gasteiger partial charge in [0.2, 0.25) is 0 Å². The zero-order valence-corrected chi connectivity index (χ0v) is 5.72. The average molecular weight is 131 g/mol. The van der Waals surface area contributed by atoms with E-state index in [2.05, 4.69) is 21.9 Å². The lowest BCUT2D eigenvalue weighted by Gasteiger charge is -1.99. The summed E-state index contributed by atoms with van der Waals surface area (Å²) < 4.78 is 0. The number of hydrogen-bond acceptors (Lipinski definition) is 3. The fourth-order valence-corrected chi connectivity index (χ4v) is 0.268. The van der Waals surface area contributed by atoms with E-state index in [4.69, 9.17) is 0 Å². The summed E-state index contributed by atoms with van der Waals surface area (Å²) in [5.41, 5.74) is 2.60. The molecule has 0 amide bonds. The third-order valence-electron chi connectivity index (χ3n) is 0.656. The molecule has 0 atom stereocenters. The van der Waals surface area contributed by atoms with Crippen molar-refractivity contribution in [2.75, 3.05) is 13.2 Å². The van der Waals surface area contributed by atoms with E-state index in [1.165, 1.54) is 0 Å². The van der Waals surface area contributed by atoms with Gasteiger partial charge in [-0.2, -0.15) is 5.48 Å². The summed E-state index contributed by atoms with van der Waals surface area (Å²) in [6.07, 6.45) is 2.64. The molecule has 1 N–H and O–H groups in total. The molecule has 0 saturated carbocycles. The molecule has 0 bridgehead atoms. The maximum atomic E-state index is 4.56. The van der Waals surface area contributed by atoms with Gasteiger partial charge in [0.15, 0.2) is 0 Å². The van der Waals surface area contributed by atoms with Crippen molar-refractivity contribution in [1.82, 2.24) is 5.48 Å². The lowest BCUT2D eigenvalue weighted by Crippen LogP contribution is -2.15. The average Bonchev–Trinajstić information content (AvgIpc) is 1.89. The molecule has 0 heterocycles. The summed E-state index contributed by atoms with van der Waals surface area (Å²) in [5, 5.41) is 0. The van der Waals surface area contributed by atoms with Crippen molar-refractivity contribution in [3.63, 3.8) is 0 Å². The zero-order chi connectivity index (χ0) is 6.95. The Morgan fingerprint density at radius 1 is 1.67 bits per heavy atom. The molecule has 0 radical (unpaired) electrons. The van der Waals surface area contributed by atoms with E-state index in [0.29, 0.717) is 6.61 Å². The van der Waals surface area contributed by atoms with Crippen molar-refractivity contribution in [3.05, 3.63) is 12.7 Å². The van der Waals surface area contributed by atoms with Gasteiger partial charge in [0.1, 0.15) is 6.61 Å². The molecule has 0 aliphatic heterocycles. The molecule has 3 nitrogen and oxygen atoms in total. The molecule has 0 aromatic carbocycles. The molecule has 0 rings (SSSR count). The largest absolute Gasteiger partial charge is 0.214 e. The predicted molar refractivity (Wildman–Crippen MR) is 35.5 cm³/mol. The molecule has 0 aliphatic carbocycles. The Hall–Kier alpha value is -0.380. The summed E-state index contributed by atoms with van der Waals surface area (Å²) in [4.78, 5) is 9.05. The molecule has 0 aliphatic rings. The second kappa shape index (κ2) is 7.62. The molecule has 0 aromatic rings. The molecule has 0 saturated heterocycles. The summed E-state index contributed by atoms with van der Waals surface area (Å²) in [5.74, 6) is 0. The number of nitrogens with one attached hydrogen (secondary N) is 1. The molecule has 3 heteroatoms. The second-order valence-corrected chi connectivity index (χ2v) is 1.55. The van der Waals surface area contributed by atoms with Crippen LogP contribution in [0.3, 0.4) is 0 Å². The van der Waals surface area contributed by atoms with Gasteiger partial charge in [0.05, 0.1) is 0 Å². The van der Waals surface area contributed by atoms with Gasteiger partial charge in [0, 0.05) is 6.54 Å². The third kappa shape index (κ3) is 7.62. The van der Waals surface area contributed by atoms with E-state index >= 15 is 0 Å². The molecule has 0 unspecified atom stereocenters. The highest BCUT2D eigenvalue weighted by Gasteiger charge is 1.81. The fraction of sp³-hybridized carbons (Fsp3) is 0.667. The van der Waals surface area contributed by atoms with Gasteiger partial charge < -0.3 is 0 Å². The first kappa shape index (κ1) is 8.62. The smallest absolute Gasteiger partial charge is 0.102 e. The van der Waals surface area contributed by atoms with Crippen LogP contribution in [0.2, 0.25) is 0 Å². The molecule has 9 heavy (non-hydrogen) atoms. The van der Waals surface area contributed by atoms with Gasteiger partial charge in [-0.15, -0.1) is 11.6 Å². The van der Waals surface area contributed by atoms with Crippen molar-refractivity contribution in [1.29, 1.82) is 0 Å². The minimum Gasteiger partial charge on any atom is -0.214 e. The van der Waals surface area contributed by atoms with Gasteiger partial charge >= 0.3 is 0 Å². The van der Waals surface area contributed by atoms with E-state index in [-0.39, 0.29) is 0 Å². The van der Waals surface area contributed by atoms with Crippen LogP contribution in [-0.4, -0.2) is 13.2 Å². The van der Waals surface area contributed by atoms with Crippen molar-refractivity contribution in [3.8, 4) is 0 Å². The van der Waals surface area contributed by atoms with E-state index < -0.39 is 0 Å². The van der Waals surface area contributed by atoms with Crippen molar-refractivity contribution in [2.24, 2.45) is 0 Å². The highest BCUT2D eigenvalue weighted by atomic mass is 17.3. The lowest BCUT2D eigenvalue weighted by atomic mass is 10.5. The minimum absolute atomic E-state index is 0.413. The molecule has 0 fully saturated rings. The normalized spacial score (nSPS) is 9.44. The van der Waals surface area contributed by atoms with Crippen LogP contribution >= 0.6 is 0 Å². The van der Waals surface area contributed by atoms with Crippen LogP contribution in [0.25, 0.3) is 0 Å². The van der Waals surface area contributed by atoms with Crippen LogP contribution < -0.4 is 5.48 Å². The Kier molecular flexibility index (Phi) is 7.30. The lowest BCUT2D eigenvalue weighted by molar-refractivity contribution is -0.329. The molecule has 0 spiro atoms. The maximum absolute atomic E-state index is 4.56. The Morgan fingerprint density at radius 3 is 3.00 bits per heavy atom. The van der Waals surface area contributed by atoms with Crippen LogP contribution in [0.5, 0.6) is 0 Å². The summed E-state index contributed by atoms with van der Waals surface area (Å²) in [6, 6.07) is 0. The van der Waals surface area contributed by atoms with E-state index in [0.717, 1.165) is 13.0 Å². The van der Waals surface area contributed by atoms with Crippen molar-refractivity contribution < 1.29 is 9.88 Å².